The predicted octanol–water partition coefficient (Wildman–Crippen LogP) is 3.79. The highest BCUT2D eigenvalue weighted by molar-refractivity contribution is 7.92. The van der Waals surface area contributed by atoms with Gasteiger partial charge in [0.15, 0.2) is 0 Å². The van der Waals surface area contributed by atoms with Gasteiger partial charge in [0.25, 0.3) is 0 Å². The fraction of sp³-hybridized carbons (Fsp3) is 0.105. The molecule has 0 spiro atoms. The first-order valence-electron chi connectivity index (χ1n) is 7.82. The number of aromatic nitrogens is 1. The van der Waals surface area contributed by atoms with Gasteiger partial charge in [0.2, 0.25) is 10.0 Å². The van der Waals surface area contributed by atoms with Crippen LogP contribution in [-0.4, -0.2) is 19.7 Å². The average Bonchev–Trinajstić information content (AvgIpc) is 2.61. The molecular weight excluding hydrogens is 334 g/mol. The van der Waals surface area contributed by atoms with Crippen LogP contribution in [0.5, 0.6) is 0 Å². The molecule has 1 aromatic heterocycles. The van der Waals surface area contributed by atoms with E-state index in [1.807, 2.05) is 54.6 Å². The van der Waals surface area contributed by atoms with Gasteiger partial charge in [0.1, 0.15) is 5.82 Å². The Morgan fingerprint density at radius 3 is 2.12 bits per heavy atom. The van der Waals surface area contributed by atoms with E-state index < -0.39 is 10.0 Å². The predicted molar refractivity (Wildman–Crippen MR) is 101 cm³/mol. The van der Waals surface area contributed by atoms with E-state index in [4.69, 9.17) is 0 Å². The third-order valence-corrected chi connectivity index (χ3v) is 4.19. The van der Waals surface area contributed by atoms with E-state index in [2.05, 4.69) is 26.7 Å². The van der Waals surface area contributed by atoms with Crippen LogP contribution in [0.1, 0.15) is 5.56 Å². The zero-order chi connectivity index (χ0) is 17.7. The highest BCUT2D eigenvalue weighted by Crippen LogP contribution is 2.26. The van der Waals surface area contributed by atoms with Crippen LogP contribution in [0.15, 0.2) is 79.0 Å². The molecule has 3 aromatic rings. The van der Waals surface area contributed by atoms with Crippen molar-refractivity contribution < 1.29 is 8.42 Å². The lowest BCUT2D eigenvalue weighted by atomic mass is 10.2. The van der Waals surface area contributed by atoms with Crippen LogP contribution in [0.25, 0.3) is 0 Å². The first-order chi connectivity index (χ1) is 12.0. The van der Waals surface area contributed by atoms with Gasteiger partial charge in [-0.1, -0.05) is 48.5 Å². The minimum atomic E-state index is -3.31. The van der Waals surface area contributed by atoms with Crippen LogP contribution in [0.4, 0.5) is 17.2 Å². The number of sulfonamides is 1. The van der Waals surface area contributed by atoms with E-state index in [-0.39, 0.29) is 0 Å². The van der Waals surface area contributed by atoms with Crippen molar-refractivity contribution in [2.45, 2.75) is 6.54 Å². The summed E-state index contributed by atoms with van der Waals surface area (Å²) in [5.74, 6) is 0.745. The molecule has 0 radical (unpaired) electrons. The van der Waals surface area contributed by atoms with Gasteiger partial charge in [-0.05, 0) is 29.8 Å². The van der Waals surface area contributed by atoms with Gasteiger partial charge in [-0.25, -0.2) is 13.4 Å². The lowest BCUT2D eigenvalue weighted by molar-refractivity contribution is 0.607. The number of rotatable bonds is 6. The number of pyridine rings is 1. The Morgan fingerprint density at radius 1 is 0.920 bits per heavy atom. The molecule has 25 heavy (non-hydrogen) atoms. The van der Waals surface area contributed by atoms with E-state index in [0.717, 1.165) is 23.3 Å². The molecule has 0 aliphatic heterocycles. The van der Waals surface area contributed by atoms with Gasteiger partial charge < -0.3 is 4.90 Å². The van der Waals surface area contributed by atoms with Crippen LogP contribution in [0.2, 0.25) is 0 Å². The Hall–Kier alpha value is -2.86. The minimum absolute atomic E-state index is 0.443. The molecule has 0 aliphatic carbocycles. The van der Waals surface area contributed by atoms with Gasteiger partial charge in [-0.3, -0.25) is 4.72 Å². The molecule has 0 bridgehead atoms. The maximum atomic E-state index is 11.3. The van der Waals surface area contributed by atoms with E-state index in [1.54, 1.807) is 6.07 Å². The maximum Gasteiger partial charge on any atom is 0.229 e. The highest BCUT2D eigenvalue weighted by atomic mass is 32.2. The summed E-state index contributed by atoms with van der Waals surface area (Å²) in [6.45, 7) is 0.663. The zero-order valence-electron chi connectivity index (χ0n) is 13.8. The topological polar surface area (TPSA) is 62.3 Å². The van der Waals surface area contributed by atoms with Crippen LogP contribution >= 0.6 is 0 Å². The molecule has 5 nitrogen and oxygen atoms in total. The fourth-order valence-corrected chi connectivity index (χ4v) is 3.05. The smallest absolute Gasteiger partial charge is 0.229 e. The highest BCUT2D eigenvalue weighted by Gasteiger charge is 2.12. The third kappa shape index (κ3) is 4.81. The number of anilines is 3. The van der Waals surface area contributed by atoms with Crippen molar-refractivity contribution in [3.05, 3.63) is 84.6 Å². The molecule has 0 aliphatic rings. The quantitative estimate of drug-likeness (QED) is 0.732. The van der Waals surface area contributed by atoms with Gasteiger partial charge in [-0.15, -0.1) is 0 Å². The fourth-order valence-electron chi connectivity index (χ4n) is 2.50. The Balaban J connectivity index is 1.91. The van der Waals surface area contributed by atoms with Crippen molar-refractivity contribution in [3.63, 3.8) is 0 Å². The minimum Gasteiger partial charge on any atom is -0.322 e. The molecule has 3 rings (SSSR count). The van der Waals surface area contributed by atoms with Gasteiger partial charge in [-0.2, -0.15) is 0 Å². The number of benzene rings is 2. The summed E-state index contributed by atoms with van der Waals surface area (Å²) in [7, 11) is -3.31. The van der Waals surface area contributed by atoms with Crippen molar-refractivity contribution in [2.75, 3.05) is 15.9 Å². The molecular formula is C19H19N3O2S. The van der Waals surface area contributed by atoms with Crippen LogP contribution in [0.3, 0.4) is 0 Å². The van der Waals surface area contributed by atoms with Gasteiger partial charge in [0, 0.05) is 12.2 Å². The lowest BCUT2D eigenvalue weighted by Crippen LogP contribution is -2.18. The average molecular weight is 353 g/mol. The molecule has 6 heteroatoms. The molecule has 2 aromatic carbocycles. The molecule has 1 heterocycles. The largest absolute Gasteiger partial charge is 0.322 e. The summed E-state index contributed by atoms with van der Waals surface area (Å²) in [5, 5.41) is 0. The molecule has 1 N–H and O–H groups in total. The van der Waals surface area contributed by atoms with Crippen molar-refractivity contribution in [2.24, 2.45) is 0 Å². The van der Waals surface area contributed by atoms with Crippen LogP contribution < -0.4 is 9.62 Å². The standard InChI is InChI=1S/C19H19N3O2S/c1-25(23,24)21-17-12-13-19(20-14-17)22(18-10-6-3-7-11-18)15-16-8-4-2-5-9-16/h2-14,21H,15H2,1H3. The summed E-state index contributed by atoms with van der Waals surface area (Å²) in [6, 6.07) is 23.6. The van der Waals surface area contributed by atoms with Gasteiger partial charge >= 0.3 is 0 Å². The maximum absolute atomic E-state index is 11.3. The monoisotopic (exact) mass is 353 g/mol. The first kappa shape index (κ1) is 17.0. The Kier molecular flexibility index (Phi) is 5.00. The van der Waals surface area contributed by atoms with E-state index in [9.17, 15) is 8.42 Å². The SMILES string of the molecule is CS(=O)(=O)Nc1ccc(N(Cc2ccccc2)c2ccccc2)nc1. The molecule has 0 unspecified atom stereocenters. The number of para-hydroxylation sites is 1. The number of nitrogens with zero attached hydrogens (tertiary/aromatic N) is 2. The lowest BCUT2D eigenvalue weighted by Gasteiger charge is -2.24. The Morgan fingerprint density at radius 2 is 1.56 bits per heavy atom. The number of hydrogen-bond acceptors (Lipinski definition) is 4. The number of nitrogens with one attached hydrogen (secondary N) is 1. The summed E-state index contributed by atoms with van der Waals surface area (Å²) in [5.41, 5.74) is 2.62. The normalized spacial score (nSPS) is 11.1. The second-order valence-corrected chi connectivity index (χ2v) is 7.44. The van der Waals surface area contributed by atoms with Crippen molar-refractivity contribution in [3.8, 4) is 0 Å². The van der Waals surface area contributed by atoms with Crippen molar-refractivity contribution in [1.29, 1.82) is 0 Å². The molecule has 0 atom stereocenters. The summed E-state index contributed by atoms with van der Waals surface area (Å²) in [4.78, 5) is 6.52. The third-order valence-electron chi connectivity index (χ3n) is 3.58. The molecule has 0 amide bonds. The van der Waals surface area contributed by atoms with Crippen molar-refractivity contribution in [1.82, 2.24) is 4.98 Å². The summed E-state index contributed by atoms with van der Waals surface area (Å²) >= 11 is 0. The molecule has 128 valence electrons. The summed E-state index contributed by atoms with van der Waals surface area (Å²) in [6.07, 6.45) is 2.64. The van der Waals surface area contributed by atoms with E-state index in [0.29, 0.717) is 12.2 Å². The van der Waals surface area contributed by atoms with E-state index in [1.165, 1.54) is 6.20 Å². The zero-order valence-corrected chi connectivity index (χ0v) is 14.6. The Labute approximate surface area is 148 Å². The summed E-state index contributed by atoms with van der Waals surface area (Å²) < 4.78 is 25.1. The van der Waals surface area contributed by atoms with Crippen molar-refractivity contribution >= 4 is 27.2 Å². The number of hydrogen-bond donors (Lipinski definition) is 1. The second-order valence-electron chi connectivity index (χ2n) is 5.69. The first-order valence-corrected chi connectivity index (χ1v) is 9.71. The van der Waals surface area contributed by atoms with Crippen LogP contribution in [0, 0.1) is 0 Å². The molecule has 0 saturated carbocycles. The second kappa shape index (κ2) is 7.36. The van der Waals surface area contributed by atoms with Crippen LogP contribution in [-0.2, 0) is 16.6 Å². The Bertz CT molecular complexity index is 912. The molecule has 0 fully saturated rings. The van der Waals surface area contributed by atoms with E-state index >= 15 is 0 Å². The molecule has 0 saturated heterocycles. The van der Waals surface area contributed by atoms with Gasteiger partial charge in [0.05, 0.1) is 18.1 Å².